The molecular weight excluding hydrogens is 440 g/mol. The number of hydrogen-bond donors (Lipinski definition) is 1. The maximum absolute atomic E-state index is 12.9. The molecule has 0 aliphatic carbocycles. The second-order valence-corrected chi connectivity index (χ2v) is 8.85. The second-order valence-electron chi connectivity index (χ2n) is 8.85. The molecule has 0 heterocycles. The van der Waals surface area contributed by atoms with E-state index in [-0.39, 0.29) is 19.8 Å². The molecule has 0 aromatic carbocycles. The van der Waals surface area contributed by atoms with Crippen molar-refractivity contribution in [3.8, 4) is 0 Å². The number of aliphatic hydroxyl groups is 1. The molecule has 0 saturated carbocycles. The number of Topliss-reactive ketones (excluding diaryl/α,β-unsaturated/α-hetero) is 1. The van der Waals surface area contributed by atoms with Gasteiger partial charge in [0.15, 0.2) is 11.5 Å². The quantitative estimate of drug-likeness (QED) is 0.108. The maximum atomic E-state index is 12.9. The molecule has 0 saturated heterocycles. The largest absolute Gasteiger partial charge is 0.466 e. The van der Waals surface area contributed by atoms with Gasteiger partial charge in [0.2, 0.25) is 0 Å². The Hall–Kier alpha value is -1.96. The molecule has 34 heavy (non-hydrogen) atoms. The highest BCUT2D eigenvalue weighted by Crippen LogP contribution is 2.27. The zero-order valence-electron chi connectivity index (χ0n) is 21.7. The van der Waals surface area contributed by atoms with Crippen LogP contribution in [0.15, 0.2) is 0 Å². The standard InChI is InChI=1S/C26H46O8/c1-5-8-11-14-17-32-22(28)20-26(31,25(30)34-19-16-13-10-7-3)23(21(4)27)24(29)33-18-15-12-9-6-2/h23,31H,5-20H2,1-4H3. The minimum Gasteiger partial charge on any atom is -0.466 e. The first-order valence-corrected chi connectivity index (χ1v) is 13.0. The molecule has 0 bridgehead atoms. The van der Waals surface area contributed by atoms with Gasteiger partial charge in [0.05, 0.1) is 26.2 Å². The van der Waals surface area contributed by atoms with Crippen LogP contribution in [0.2, 0.25) is 0 Å². The molecule has 0 aliphatic heterocycles. The zero-order valence-corrected chi connectivity index (χ0v) is 21.7. The van der Waals surface area contributed by atoms with Gasteiger partial charge in [0, 0.05) is 0 Å². The molecule has 1 N–H and O–H groups in total. The predicted molar refractivity (Wildman–Crippen MR) is 129 cm³/mol. The highest BCUT2D eigenvalue weighted by Gasteiger charge is 2.54. The highest BCUT2D eigenvalue weighted by atomic mass is 16.6. The summed E-state index contributed by atoms with van der Waals surface area (Å²) in [5.74, 6) is -5.74. The van der Waals surface area contributed by atoms with E-state index in [2.05, 4.69) is 13.8 Å². The van der Waals surface area contributed by atoms with Crippen LogP contribution in [0, 0.1) is 5.92 Å². The Morgan fingerprint density at radius 1 is 0.676 bits per heavy atom. The first-order valence-electron chi connectivity index (χ1n) is 13.0. The highest BCUT2D eigenvalue weighted by molar-refractivity contribution is 6.05. The molecule has 0 aromatic rings. The van der Waals surface area contributed by atoms with Crippen LogP contribution >= 0.6 is 0 Å². The van der Waals surface area contributed by atoms with Crippen LogP contribution in [0.4, 0.5) is 0 Å². The molecule has 0 aliphatic rings. The molecule has 0 rings (SSSR count). The lowest BCUT2D eigenvalue weighted by Crippen LogP contribution is -2.55. The molecular formula is C26H46O8. The van der Waals surface area contributed by atoms with Crippen LogP contribution in [0.5, 0.6) is 0 Å². The van der Waals surface area contributed by atoms with Crippen molar-refractivity contribution in [2.24, 2.45) is 5.92 Å². The van der Waals surface area contributed by atoms with Crippen LogP contribution in [0.1, 0.15) is 111 Å². The van der Waals surface area contributed by atoms with Gasteiger partial charge in [-0.25, -0.2) is 4.79 Å². The summed E-state index contributed by atoms with van der Waals surface area (Å²) in [6.45, 7) is 7.45. The first kappa shape index (κ1) is 32.0. The van der Waals surface area contributed by atoms with Gasteiger partial charge in [0.1, 0.15) is 5.78 Å². The van der Waals surface area contributed by atoms with Crippen LogP contribution in [-0.2, 0) is 33.4 Å². The Labute approximate surface area is 205 Å². The Bertz CT molecular complexity index is 604. The Kier molecular flexibility index (Phi) is 18.2. The summed E-state index contributed by atoms with van der Waals surface area (Å²) in [4.78, 5) is 50.4. The summed E-state index contributed by atoms with van der Waals surface area (Å²) in [6, 6.07) is 0. The predicted octanol–water partition coefficient (Wildman–Crippen LogP) is 4.68. The molecule has 198 valence electrons. The molecule has 0 spiro atoms. The molecule has 0 aromatic heterocycles. The molecule has 8 heteroatoms. The van der Waals surface area contributed by atoms with Crippen molar-refractivity contribution in [1.29, 1.82) is 0 Å². The number of carbonyl (C=O) groups is 4. The summed E-state index contributed by atoms with van der Waals surface area (Å²) in [6.07, 6.45) is 9.51. The van der Waals surface area contributed by atoms with E-state index in [0.717, 1.165) is 64.7 Å². The zero-order chi connectivity index (χ0) is 25.8. The van der Waals surface area contributed by atoms with E-state index in [0.29, 0.717) is 19.3 Å². The van der Waals surface area contributed by atoms with Crippen LogP contribution < -0.4 is 0 Å². The fourth-order valence-electron chi connectivity index (χ4n) is 3.58. The van der Waals surface area contributed by atoms with E-state index in [1.54, 1.807) is 0 Å². The first-order chi connectivity index (χ1) is 16.2. The van der Waals surface area contributed by atoms with Gasteiger partial charge >= 0.3 is 17.9 Å². The summed E-state index contributed by atoms with van der Waals surface area (Å²) >= 11 is 0. The number of ketones is 1. The van der Waals surface area contributed by atoms with Gasteiger partial charge in [-0.2, -0.15) is 0 Å². The van der Waals surface area contributed by atoms with E-state index in [1.165, 1.54) is 0 Å². The van der Waals surface area contributed by atoms with Crippen molar-refractivity contribution >= 4 is 23.7 Å². The van der Waals surface area contributed by atoms with Crippen LogP contribution in [-0.4, -0.2) is 54.2 Å². The molecule has 0 amide bonds. The summed E-state index contributed by atoms with van der Waals surface area (Å²) in [5.41, 5.74) is -2.68. The van der Waals surface area contributed by atoms with Crippen molar-refractivity contribution in [3.05, 3.63) is 0 Å². The molecule has 0 radical (unpaired) electrons. The summed E-state index contributed by atoms with van der Waals surface area (Å²) in [7, 11) is 0. The van der Waals surface area contributed by atoms with E-state index in [9.17, 15) is 24.3 Å². The molecule has 0 fully saturated rings. The van der Waals surface area contributed by atoms with Crippen molar-refractivity contribution in [2.45, 2.75) is 117 Å². The third-order valence-electron chi connectivity index (χ3n) is 5.62. The average molecular weight is 487 g/mol. The Morgan fingerprint density at radius 3 is 1.56 bits per heavy atom. The number of hydrogen-bond acceptors (Lipinski definition) is 8. The van der Waals surface area contributed by atoms with Crippen molar-refractivity contribution in [2.75, 3.05) is 19.8 Å². The number of esters is 3. The van der Waals surface area contributed by atoms with Crippen LogP contribution in [0.25, 0.3) is 0 Å². The van der Waals surface area contributed by atoms with Gasteiger partial charge < -0.3 is 19.3 Å². The van der Waals surface area contributed by atoms with E-state index >= 15 is 0 Å². The second kappa shape index (κ2) is 19.4. The fraction of sp³-hybridized carbons (Fsp3) is 0.846. The fourth-order valence-corrected chi connectivity index (χ4v) is 3.58. The smallest absolute Gasteiger partial charge is 0.340 e. The third-order valence-corrected chi connectivity index (χ3v) is 5.62. The monoisotopic (exact) mass is 486 g/mol. The molecule has 8 nitrogen and oxygen atoms in total. The summed E-state index contributed by atoms with van der Waals surface area (Å²) in [5, 5.41) is 11.2. The summed E-state index contributed by atoms with van der Waals surface area (Å²) < 4.78 is 15.5. The van der Waals surface area contributed by atoms with Gasteiger partial charge in [-0.1, -0.05) is 78.6 Å². The lowest BCUT2D eigenvalue weighted by molar-refractivity contribution is -0.187. The Balaban J connectivity index is 5.36. The van der Waals surface area contributed by atoms with Crippen molar-refractivity contribution in [1.82, 2.24) is 0 Å². The Morgan fingerprint density at radius 2 is 1.12 bits per heavy atom. The van der Waals surface area contributed by atoms with Crippen molar-refractivity contribution < 1.29 is 38.5 Å². The SMILES string of the molecule is CCCCCCOC(=O)CC(O)(C(=O)OCCCCCC)C(C(C)=O)C(=O)OCCCCCC. The van der Waals surface area contributed by atoms with Crippen LogP contribution in [0.3, 0.4) is 0 Å². The van der Waals surface area contributed by atoms with Gasteiger partial charge in [-0.05, 0) is 26.2 Å². The third kappa shape index (κ3) is 13.1. The van der Waals surface area contributed by atoms with E-state index in [4.69, 9.17) is 14.2 Å². The average Bonchev–Trinajstić information content (AvgIpc) is 2.78. The lowest BCUT2D eigenvalue weighted by Gasteiger charge is -2.30. The molecule has 2 atom stereocenters. The number of ether oxygens (including phenoxy) is 3. The van der Waals surface area contributed by atoms with E-state index < -0.39 is 41.6 Å². The normalized spacial score (nSPS) is 13.6. The topological polar surface area (TPSA) is 116 Å². The number of unbranched alkanes of at least 4 members (excludes halogenated alkanes) is 9. The lowest BCUT2D eigenvalue weighted by atomic mass is 9.81. The maximum Gasteiger partial charge on any atom is 0.340 e. The number of rotatable bonds is 21. The van der Waals surface area contributed by atoms with Gasteiger partial charge in [0.25, 0.3) is 0 Å². The molecule has 2 unspecified atom stereocenters. The van der Waals surface area contributed by atoms with Gasteiger partial charge in [-0.3, -0.25) is 14.4 Å². The number of carbonyl (C=O) groups excluding carboxylic acids is 4. The van der Waals surface area contributed by atoms with Crippen molar-refractivity contribution in [3.63, 3.8) is 0 Å². The minimum absolute atomic E-state index is 0.0178. The van der Waals surface area contributed by atoms with Gasteiger partial charge in [-0.15, -0.1) is 0 Å². The van der Waals surface area contributed by atoms with E-state index in [1.807, 2.05) is 6.92 Å². The minimum atomic E-state index is -2.68.